The van der Waals surface area contributed by atoms with Crippen molar-refractivity contribution in [1.29, 1.82) is 0 Å². The van der Waals surface area contributed by atoms with Crippen LogP contribution in [0.25, 0.3) is 0 Å². The minimum atomic E-state index is -0.840. The Balaban J connectivity index is 2.63. The molecule has 1 fully saturated rings. The van der Waals surface area contributed by atoms with Gasteiger partial charge in [-0.2, -0.15) is 0 Å². The first-order valence-electron chi connectivity index (χ1n) is 5.95. The van der Waals surface area contributed by atoms with Crippen LogP contribution >= 0.6 is 0 Å². The number of carbonyl (C=O) groups excluding carboxylic acids is 1. The van der Waals surface area contributed by atoms with E-state index in [-0.39, 0.29) is 5.91 Å². The summed E-state index contributed by atoms with van der Waals surface area (Å²) in [6.45, 7) is 6.35. The Morgan fingerprint density at radius 3 is 2.88 bits per heavy atom. The Hall–Kier alpha value is -1.36. The fraction of sp³-hybridized carbons (Fsp3) is 0.667. The normalized spacial score (nSPS) is 22.8. The van der Waals surface area contributed by atoms with Crippen LogP contribution in [0, 0.1) is 0 Å². The number of piperidine rings is 1. The van der Waals surface area contributed by atoms with Crippen LogP contribution in [-0.2, 0) is 9.59 Å². The number of likely N-dealkylation sites (tertiary alicyclic amines) is 1. The van der Waals surface area contributed by atoms with E-state index in [1.807, 2.05) is 0 Å². The molecule has 1 heterocycles. The first kappa shape index (κ1) is 13.7. The van der Waals surface area contributed by atoms with E-state index in [0.29, 0.717) is 19.5 Å². The number of nitrogens with one attached hydrogen (secondary N) is 1. The van der Waals surface area contributed by atoms with Crippen molar-refractivity contribution >= 4 is 11.9 Å². The average Bonchev–Trinajstić information content (AvgIpc) is 2.34. The lowest BCUT2D eigenvalue weighted by atomic mass is 10.00. The number of aliphatic carboxylic acids is 1. The summed E-state index contributed by atoms with van der Waals surface area (Å²) < 4.78 is 0. The van der Waals surface area contributed by atoms with Gasteiger partial charge in [-0.15, -0.1) is 6.58 Å². The molecule has 1 rings (SSSR count). The summed E-state index contributed by atoms with van der Waals surface area (Å²) in [6, 6.07) is -0.940. The molecular weight excluding hydrogens is 220 g/mol. The summed E-state index contributed by atoms with van der Waals surface area (Å²) in [5.74, 6) is -0.980. The Morgan fingerprint density at radius 1 is 1.59 bits per heavy atom. The van der Waals surface area contributed by atoms with Crippen LogP contribution in [0.4, 0.5) is 0 Å². The lowest BCUT2D eigenvalue weighted by molar-refractivity contribution is -0.147. The van der Waals surface area contributed by atoms with Crippen molar-refractivity contribution in [1.82, 2.24) is 10.2 Å². The fourth-order valence-corrected chi connectivity index (χ4v) is 2.15. The topological polar surface area (TPSA) is 69.6 Å². The third kappa shape index (κ3) is 3.56. The van der Waals surface area contributed by atoms with E-state index in [1.165, 1.54) is 0 Å². The lowest BCUT2D eigenvalue weighted by Gasteiger charge is -2.36. The van der Waals surface area contributed by atoms with Gasteiger partial charge < -0.3 is 10.4 Å². The Bertz CT molecular complexity index is 304. The molecule has 1 amide bonds. The van der Waals surface area contributed by atoms with Gasteiger partial charge in [-0.3, -0.25) is 14.5 Å². The zero-order valence-corrected chi connectivity index (χ0v) is 10.2. The van der Waals surface area contributed by atoms with Crippen molar-refractivity contribution in [3.63, 3.8) is 0 Å². The lowest BCUT2D eigenvalue weighted by Crippen LogP contribution is -2.54. The largest absolute Gasteiger partial charge is 0.480 e. The van der Waals surface area contributed by atoms with Crippen molar-refractivity contribution in [3.8, 4) is 0 Å². The molecule has 1 aliphatic rings. The van der Waals surface area contributed by atoms with Gasteiger partial charge in [0.1, 0.15) is 6.04 Å². The molecule has 1 aliphatic heterocycles. The van der Waals surface area contributed by atoms with E-state index >= 15 is 0 Å². The zero-order chi connectivity index (χ0) is 12.8. The second-order valence-electron chi connectivity index (χ2n) is 4.30. The smallest absolute Gasteiger partial charge is 0.320 e. The molecule has 17 heavy (non-hydrogen) atoms. The maximum absolute atomic E-state index is 11.8. The molecule has 5 heteroatoms. The Labute approximate surface area is 101 Å². The van der Waals surface area contributed by atoms with E-state index in [0.717, 1.165) is 12.8 Å². The van der Waals surface area contributed by atoms with Crippen molar-refractivity contribution in [3.05, 3.63) is 12.7 Å². The molecule has 0 aromatic carbocycles. The maximum Gasteiger partial charge on any atom is 0.320 e. The molecule has 2 unspecified atom stereocenters. The van der Waals surface area contributed by atoms with Crippen LogP contribution in [0.1, 0.15) is 26.2 Å². The fourth-order valence-electron chi connectivity index (χ4n) is 2.15. The maximum atomic E-state index is 11.8. The van der Waals surface area contributed by atoms with E-state index in [9.17, 15) is 9.59 Å². The van der Waals surface area contributed by atoms with Crippen molar-refractivity contribution in [2.75, 3.05) is 13.1 Å². The molecule has 0 spiro atoms. The highest BCUT2D eigenvalue weighted by molar-refractivity contribution is 5.82. The quantitative estimate of drug-likeness (QED) is 0.691. The molecule has 0 radical (unpaired) electrons. The van der Waals surface area contributed by atoms with E-state index in [1.54, 1.807) is 17.9 Å². The first-order valence-corrected chi connectivity index (χ1v) is 5.95. The molecule has 2 N–H and O–H groups in total. The molecule has 0 aromatic rings. The molecular formula is C12H20N2O3. The van der Waals surface area contributed by atoms with Gasteiger partial charge in [-0.25, -0.2) is 0 Å². The highest BCUT2D eigenvalue weighted by Gasteiger charge is 2.34. The standard InChI is InChI=1S/C12H20N2O3/c1-3-7-13-11(15)9(2)14-8-5-4-6-10(14)12(16)17/h3,9-10H,1,4-8H2,2H3,(H,13,15)(H,16,17). The van der Waals surface area contributed by atoms with Crippen molar-refractivity contribution < 1.29 is 14.7 Å². The van der Waals surface area contributed by atoms with Gasteiger partial charge in [-0.1, -0.05) is 12.5 Å². The Morgan fingerprint density at radius 2 is 2.29 bits per heavy atom. The number of carboxylic acid groups (broad SMARTS) is 1. The minimum absolute atomic E-state index is 0.141. The number of carbonyl (C=O) groups is 2. The highest BCUT2D eigenvalue weighted by Crippen LogP contribution is 2.19. The first-order chi connectivity index (χ1) is 8.07. The van der Waals surface area contributed by atoms with Gasteiger partial charge in [0.25, 0.3) is 0 Å². The molecule has 2 atom stereocenters. The number of hydrogen-bond acceptors (Lipinski definition) is 3. The van der Waals surface area contributed by atoms with Gasteiger partial charge in [0.2, 0.25) is 5.91 Å². The molecule has 0 aliphatic carbocycles. The van der Waals surface area contributed by atoms with Crippen LogP contribution in [0.3, 0.4) is 0 Å². The summed E-state index contributed by atoms with van der Waals surface area (Å²) >= 11 is 0. The third-order valence-corrected chi connectivity index (χ3v) is 3.13. The van der Waals surface area contributed by atoms with Crippen LogP contribution in [0.2, 0.25) is 0 Å². The predicted molar refractivity (Wildman–Crippen MR) is 64.6 cm³/mol. The molecule has 0 aromatic heterocycles. The van der Waals surface area contributed by atoms with Crippen molar-refractivity contribution in [2.45, 2.75) is 38.3 Å². The predicted octanol–water partition coefficient (Wildman–Crippen LogP) is 0.616. The second-order valence-corrected chi connectivity index (χ2v) is 4.30. The van der Waals surface area contributed by atoms with Gasteiger partial charge >= 0.3 is 5.97 Å². The number of carboxylic acids is 1. The van der Waals surface area contributed by atoms with Crippen LogP contribution < -0.4 is 5.32 Å². The van der Waals surface area contributed by atoms with Crippen LogP contribution in [-0.4, -0.2) is 47.1 Å². The zero-order valence-electron chi connectivity index (χ0n) is 10.2. The SMILES string of the molecule is C=CCNC(=O)C(C)N1CCCCC1C(=O)O. The third-order valence-electron chi connectivity index (χ3n) is 3.13. The summed E-state index contributed by atoms with van der Waals surface area (Å²) in [5.41, 5.74) is 0. The molecule has 96 valence electrons. The summed E-state index contributed by atoms with van der Waals surface area (Å²) in [6.07, 6.45) is 4.08. The number of nitrogens with zero attached hydrogens (tertiary/aromatic N) is 1. The summed E-state index contributed by atoms with van der Waals surface area (Å²) in [5, 5.41) is 11.8. The van der Waals surface area contributed by atoms with Crippen molar-refractivity contribution in [2.24, 2.45) is 0 Å². The van der Waals surface area contributed by atoms with Gasteiger partial charge in [0.15, 0.2) is 0 Å². The molecule has 0 bridgehead atoms. The summed E-state index contributed by atoms with van der Waals surface area (Å²) in [4.78, 5) is 24.7. The minimum Gasteiger partial charge on any atom is -0.480 e. The molecule has 1 saturated heterocycles. The second kappa shape index (κ2) is 6.39. The number of hydrogen-bond donors (Lipinski definition) is 2. The summed E-state index contributed by atoms with van der Waals surface area (Å²) in [7, 11) is 0. The van der Waals surface area contributed by atoms with E-state index in [4.69, 9.17) is 5.11 Å². The monoisotopic (exact) mass is 240 g/mol. The van der Waals surface area contributed by atoms with Gasteiger partial charge in [0.05, 0.1) is 6.04 Å². The average molecular weight is 240 g/mol. The van der Waals surface area contributed by atoms with Gasteiger partial charge in [-0.05, 0) is 26.3 Å². The molecule has 5 nitrogen and oxygen atoms in total. The van der Waals surface area contributed by atoms with Crippen LogP contribution in [0.5, 0.6) is 0 Å². The number of amides is 1. The number of rotatable bonds is 5. The van der Waals surface area contributed by atoms with E-state index < -0.39 is 18.1 Å². The van der Waals surface area contributed by atoms with Crippen LogP contribution in [0.15, 0.2) is 12.7 Å². The highest BCUT2D eigenvalue weighted by atomic mass is 16.4. The molecule has 0 saturated carbocycles. The van der Waals surface area contributed by atoms with Gasteiger partial charge in [0, 0.05) is 6.54 Å². The Kier molecular flexibility index (Phi) is 5.15. The van der Waals surface area contributed by atoms with E-state index in [2.05, 4.69) is 11.9 Å².